The highest BCUT2D eigenvalue weighted by Crippen LogP contribution is 2.28. The fourth-order valence-electron chi connectivity index (χ4n) is 0.516. The van der Waals surface area contributed by atoms with E-state index in [1.165, 1.54) is 12.1 Å². The van der Waals surface area contributed by atoms with E-state index in [1.807, 2.05) is 0 Å². The summed E-state index contributed by atoms with van der Waals surface area (Å²) in [6.45, 7) is 0. The second-order valence-electron chi connectivity index (χ2n) is 1.69. The number of hydrogen-bond donors (Lipinski definition) is 1. The lowest BCUT2D eigenvalue weighted by atomic mass is 10.3. The molecule has 0 unspecified atom stereocenters. The molecule has 0 saturated carbocycles. The van der Waals surface area contributed by atoms with Crippen LogP contribution >= 0.6 is 35.8 Å². The molecule has 0 heterocycles. The molecule has 0 fully saturated rings. The molecule has 0 atom stereocenters. The molecular weight excluding hydrogens is 194 g/mol. The lowest BCUT2D eigenvalue weighted by Crippen LogP contribution is -1.79. The first-order chi connectivity index (χ1) is 4.63. The van der Waals surface area contributed by atoms with Gasteiger partial charge in [0, 0.05) is 4.90 Å². The van der Waals surface area contributed by atoms with Crippen molar-refractivity contribution in [3.05, 3.63) is 28.0 Å². The summed E-state index contributed by atoms with van der Waals surface area (Å²) in [4.78, 5) is 0.392. The SMILES string of the molecule is Fc1c(Cl)ccc(S)c1Cl. The van der Waals surface area contributed by atoms with E-state index in [9.17, 15) is 4.39 Å². The molecule has 0 saturated heterocycles. The minimum Gasteiger partial charge on any atom is -0.204 e. The van der Waals surface area contributed by atoms with Gasteiger partial charge in [-0.2, -0.15) is 0 Å². The second-order valence-corrected chi connectivity index (χ2v) is 2.96. The molecule has 0 nitrogen and oxygen atoms in total. The molecule has 4 heteroatoms. The Morgan fingerprint density at radius 1 is 1.30 bits per heavy atom. The molecule has 1 rings (SSSR count). The van der Waals surface area contributed by atoms with Crippen molar-refractivity contribution < 1.29 is 4.39 Å². The van der Waals surface area contributed by atoms with Crippen molar-refractivity contribution in [1.29, 1.82) is 0 Å². The molecule has 0 aliphatic carbocycles. The molecule has 1 aromatic rings. The molecule has 0 radical (unpaired) electrons. The Balaban J connectivity index is 3.34. The second kappa shape index (κ2) is 2.99. The molecule has 0 aromatic heterocycles. The fraction of sp³-hybridized carbons (Fsp3) is 0. The van der Waals surface area contributed by atoms with E-state index < -0.39 is 5.82 Å². The largest absolute Gasteiger partial charge is 0.204 e. The molecule has 1 aromatic carbocycles. The average molecular weight is 197 g/mol. The first-order valence-electron chi connectivity index (χ1n) is 2.45. The van der Waals surface area contributed by atoms with Crippen molar-refractivity contribution in [2.45, 2.75) is 4.90 Å². The Kier molecular flexibility index (Phi) is 2.45. The van der Waals surface area contributed by atoms with Crippen molar-refractivity contribution in [2.24, 2.45) is 0 Å². The zero-order valence-electron chi connectivity index (χ0n) is 4.74. The first kappa shape index (κ1) is 8.18. The predicted octanol–water partition coefficient (Wildman–Crippen LogP) is 3.42. The summed E-state index contributed by atoms with van der Waals surface area (Å²) in [6.07, 6.45) is 0. The van der Waals surface area contributed by atoms with Gasteiger partial charge in [-0.25, -0.2) is 4.39 Å². The van der Waals surface area contributed by atoms with Crippen LogP contribution in [0.2, 0.25) is 10.0 Å². The third-order valence-electron chi connectivity index (χ3n) is 1.01. The minimum atomic E-state index is -0.615. The van der Waals surface area contributed by atoms with Crippen molar-refractivity contribution in [1.82, 2.24) is 0 Å². The summed E-state index contributed by atoms with van der Waals surface area (Å²) in [5, 5.41) is -0.0152. The van der Waals surface area contributed by atoms with Crippen LogP contribution in [0.4, 0.5) is 4.39 Å². The molecule has 10 heavy (non-hydrogen) atoms. The zero-order chi connectivity index (χ0) is 7.72. The van der Waals surface area contributed by atoms with Crippen molar-refractivity contribution in [2.75, 3.05) is 0 Å². The van der Waals surface area contributed by atoms with Gasteiger partial charge in [-0.3, -0.25) is 0 Å². The number of thiol groups is 1. The van der Waals surface area contributed by atoms with Crippen LogP contribution in [0.5, 0.6) is 0 Å². The van der Waals surface area contributed by atoms with Gasteiger partial charge in [-0.15, -0.1) is 12.6 Å². The number of benzene rings is 1. The summed E-state index contributed by atoms with van der Waals surface area (Å²) in [7, 11) is 0. The summed E-state index contributed by atoms with van der Waals surface area (Å²) >= 11 is 14.7. The molecule has 0 bridgehead atoms. The summed E-state index contributed by atoms with van der Waals surface area (Å²) < 4.78 is 12.7. The van der Waals surface area contributed by atoms with Crippen LogP contribution in [0, 0.1) is 5.82 Å². The van der Waals surface area contributed by atoms with Crippen LogP contribution in [0.1, 0.15) is 0 Å². The van der Waals surface area contributed by atoms with Crippen LogP contribution in [-0.4, -0.2) is 0 Å². The van der Waals surface area contributed by atoms with Gasteiger partial charge in [0.1, 0.15) is 0 Å². The monoisotopic (exact) mass is 196 g/mol. The predicted molar refractivity (Wildman–Crippen MR) is 43.7 cm³/mol. The molecular formula is C6H3Cl2FS. The summed E-state index contributed by atoms with van der Waals surface area (Å²) in [5.74, 6) is -0.615. The van der Waals surface area contributed by atoms with Crippen LogP contribution in [-0.2, 0) is 0 Å². The Hall–Kier alpha value is 0.0800. The third-order valence-corrected chi connectivity index (χ3v) is 2.18. The van der Waals surface area contributed by atoms with E-state index >= 15 is 0 Å². The van der Waals surface area contributed by atoms with Gasteiger partial charge in [0.25, 0.3) is 0 Å². The molecule has 0 spiro atoms. The van der Waals surface area contributed by atoms with Gasteiger partial charge < -0.3 is 0 Å². The molecule has 54 valence electrons. The Bertz CT molecular complexity index is 235. The number of rotatable bonds is 0. The maximum atomic E-state index is 12.7. The lowest BCUT2D eigenvalue weighted by molar-refractivity contribution is 0.625. The van der Waals surface area contributed by atoms with Crippen LogP contribution in [0.15, 0.2) is 17.0 Å². The van der Waals surface area contributed by atoms with E-state index in [-0.39, 0.29) is 10.0 Å². The van der Waals surface area contributed by atoms with Gasteiger partial charge in [0.2, 0.25) is 0 Å². The van der Waals surface area contributed by atoms with Gasteiger partial charge in [0.15, 0.2) is 5.82 Å². The van der Waals surface area contributed by atoms with Gasteiger partial charge in [0.05, 0.1) is 10.0 Å². The molecule has 0 aliphatic rings. The van der Waals surface area contributed by atoms with E-state index in [4.69, 9.17) is 23.2 Å². The minimum absolute atomic E-state index is 0.0165. The highest BCUT2D eigenvalue weighted by atomic mass is 35.5. The van der Waals surface area contributed by atoms with E-state index in [2.05, 4.69) is 12.6 Å². The normalized spacial score (nSPS) is 10.0. The Morgan fingerprint density at radius 2 is 1.90 bits per heavy atom. The quantitative estimate of drug-likeness (QED) is 0.478. The molecule has 0 aliphatic heterocycles. The van der Waals surface area contributed by atoms with Crippen LogP contribution in [0.3, 0.4) is 0 Å². The molecule has 0 N–H and O–H groups in total. The van der Waals surface area contributed by atoms with Gasteiger partial charge in [-0.05, 0) is 12.1 Å². The number of halogens is 3. The molecule has 0 amide bonds. The Labute approximate surface area is 73.4 Å². The van der Waals surface area contributed by atoms with Crippen LogP contribution in [0.25, 0.3) is 0 Å². The van der Waals surface area contributed by atoms with E-state index in [0.29, 0.717) is 4.90 Å². The first-order valence-corrected chi connectivity index (χ1v) is 3.65. The van der Waals surface area contributed by atoms with E-state index in [0.717, 1.165) is 0 Å². The topological polar surface area (TPSA) is 0 Å². The van der Waals surface area contributed by atoms with E-state index in [1.54, 1.807) is 0 Å². The van der Waals surface area contributed by atoms with Gasteiger partial charge >= 0.3 is 0 Å². The van der Waals surface area contributed by atoms with Crippen molar-refractivity contribution >= 4 is 35.8 Å². The smallest absolute Gasteiger partial charge is 0.161 e. The Morgan fingerprint density at radius 3 is 2.40 bits per heavy atom. The summed E-state index contributed by atoms with van der Waals surface area (Å²) in [6, 6.07) is 2.95. The standard InChI is InChI=1S/C6H3Cl2FS/c7-3-1-2-4(10)5(8)6(3)9/h1-2,10H. The fourth-order valence-corrected chi connectivity index (χ4v) is 1.06. The van der Waals surface area contributed by atoms with Crippen molar-refractivity contribution in [3.63, 3.8) is 0 Å². The zero-order valence-corrected chi connectivity index (χ0v) is 7.14. The highest BCUT2D eigenvalue weighted by molar-refractivity contribution is 7.80. The number of hydrogen-bond acceptors (Lipinski definition) is 1. The maximum Gasteiger partial charge on any atom is 0.161 e. The average Bonchev–Trinajstić information content (AvgIpc) is 1.93. The van der Waals surface area contributed by atoms with Crippen LogP contribution < -0.4 is 0 Å². The maximum absolute atomic E-state index is 12.7. The summed E-state index contributed by atoms with van der Waals surface area (Å²) in [5.41, 5.74) is 0. The van der Waals surface area contributed by atoms with Crippen molar-refractivity contribution in [3.8, 4) is 0 Å². The lowest BCUT2D eigenvalue weighted by Gasteiger charge is -1.98. The van der Waals surface area contributed by atoms with Gasteiger partial charge in [-0.1, -0.05) is 23.2 Å². The third kappa shape index (κ3) is 1.39. The highest BCUT2D eigenvalue weighted by Gasteiger charge is 2.06.